The van der Waals surface area contributed by atoms with Crippen molar-refractivity contribution < 1.29 is 14.6 Å². The lowest BCUT2D eigenvalue weighted by atomic mass is 9.88. The molecule has 1 atom stereocenters. The lowest BCUT2D eigenvalue weighted by molar-refractivity contribution is 0.149. The SMILES string of the molecule is CCC(C)(CO)CNc1cc2c(cc1Br)OCCO2. The van der Waals surface area contributed by atoms with E-state index >= 15 is 0 Å². The Labute approximate surface area is 122 Å². The number of halogens is 1. The Morgan fingerprint density at radius 3 is 2.53 bits per heavy atom. The molecule has 0 spiro atoms. The summed E-state index contributed by atoms with van der Waals surface area (Å²) in [5.74, 6) is 1.53. The third kappa shape index (κ3) is 3.34. The molecule has 0 aromatic heterocycles. The smallest absolute Gasteiger partial charge is 0.163 e. The van der Waals surface area contributed by atoms with Crippen LogP contribution in [-0.4, -0.2) is 31.5 Å². The fraction of sp³-hybridized carbons (Fsp3) is 0.571. The molecule has 19 heavy (non-hydrogen) atoms. The molecule has 5 heteroatoms. The van der Waals surface area contributed by atoms with Crippen LogP contribution >= 0.6 is 15.9 Å². The molecular weight excluding hydrogens is 310 g/mol. The molecule has 1 aromatic carbocycles. The van der Waals surface area contributed by atoms with Gasteiger partial charge in [0.15, 0.2) is 11.5 Å². The topological polar surface area (TPSA) is 50.7 Å². The number of fused-ring (bicyclic) bond motifs is 1. The lowest BCUT2D eigenvalue weighted by Crippen LogP contribution is -2.29. The van der Waals surface area contributed by atoms with Crippen molar-refractivity contribution in [2.24, 2.45) is 5.41 Å². The summed E-state index contributed by atoms with van der Waals surface area (Å²) in [5.41, 5.74) is 0.838. The molecule has 0 saturated carbocycles. The zero-order valence-electron chi connectivity index (χ0n) is 11.3. The fourth-order valence-electron chi connectivity index (χ4n) is 1.80. The first-order valence-corrected chi connectivity index (χ1v) is 7.31. The van der Waals surface area contributed by atoms with E-state index in [-0.39, 0.29) is 12.0 Å². The zero-order valence-corrected chi connectivity index (χ0v) is 12.9. The fourth-order valence-corrected chi connectivity index (χ4v) is 2.26. The Bertz CT molecular complexity index is 447. The number of anilines is 1. The Morgan fingerprint density at radius 2 is 1.95 bits per heavy atom. The second-order valence-electron chi connectivity index (χ2n) is 5.15. The van der Waals surface area contributed by atoms with Gasteiger partial charge in [-0.3, -0.25) is 0 Å². The summed E-state index contributed by atoms with van der Waals surface area (Å²) in [7, 11) is 0. The van der Waals surface area contributed by atoms with Gasteiger partial charge in [0.1, 0.15) is 13.2 Å². The van der Waals surface area contributed by atoms with Crippen LogP contribution in [0.3, 0.4) is 0 Å². The van der Waals surface area contributed by atoms with E-state index in [1.807, 2.05) is 12.1 Å². The number of nitrogens with one attached hydrogen (secondary N) is 1. The van der Waals surface area contributed by atoms with Crippen molar-refractivity contribution in [3.63, 3.8) is 0 Å². The average molecular weight is 330 g/mol. The van der Waals surface area contributed by atoms with Crippen molar-refractivity contribution in [1.29, 1.82) is 0 Å². The van der Waals surface area contributed by atoms with Crippen LogP contribution in [0.1, 0.15) is 20.3 Å². The highest BCUT2D eigenvalue weighted by atomic mass is 79.9. The average Bonchev–Trinajstić information content (AvgIpc) is 2.44. The summed E-state index contributed by atoms with van der Waals surface area (Å²) in [5, 5.41) is 12.8. The van der Waals surface area contributed by atoms with Crippen molar-refractivity contribution in [3.05, 3.63) is 16.6 Å². The number of hydrogen-bond donors (Lipinski definition) is 2. The first-order valence-electron chi connectivity index (χ1n) is 6.52. The van der Waals surface area contributed by atoms with Crippen LogP contribution in [0.2, 0.25) is 0 Å². The summed E-state index contributed by atoms with van der Waals surface area (Å²) in [6.07, 6.45) is 0.915. The minimum Gasteiger partial charge on any atom is -0.486 e. The van der Waals surface area contributed by atoms with Crippen molar-refractivity contribution in [2.75, 3.05) is 31.7 Å². The molecule has 1 heterocycles. The van der Waals surface area contributed by atoms with Gasteiger partial charge in [0.2, 0.25) is 0 Å². The van der Waals surface area contributed by atoms with Crippen LogP contribution in [-0.2, 0) is 0 Å². The van der Waals surface area contributed by atoms with Gasteiger partial charge in [-0.2, -0.15) is 0 Å². The molecule has 0 bridgehead atoms. The largest absolute Gasteiger partial charge is 0.486 e. The standard InChI is InChI=1S/C14H20BrNO3/c1-3-14(2,9-17)8-16-11-7-13-12(6-10(11)15)18-4-5-19-13/h6-7,16-17H,3-5,8-9H2,1-2H3. The minimum absolute atomic E-state index is 0.118. The van der Waals surface area contributed by atoms with E-state index in [9.17, 15) is 5.11 Å². The predicted octanol–water partition coefficient (Wildman–Crippen LogP) is 3.04. The first kappa shape index (κ1) is 14.5. The summed E-state index contributed by atoms with van der Waals surface area (Å²) < 4.78 is 12.0. The molecule has 1 aliphatic rings. The van der Waals surface area contributed by atoms with E-state index in [2.05, 4.69) is 35.1 Å². The first-order chi connectivity index (χ1) is 9.08. The number of ether oxygens (including phenoxy) is 2. The maximum Gasteiger partial charge on any atom is 0.163 e. The van der Waals surface area contributed by atoms with E-state index in [0.717, 1.165) is 28.1 Å². The highest BCUT2D eigenvalue weighted by Crippen LogP contribution is 2.38. The summed E-state index contributed by atoms with van der Waals surface area (Å²) in [6.45, 7) is 6.18. The quantitative estimate of drug-likeness (QED) is 0.871. The molecule has 0 radical (unpaired) electrons. The van der Waals surface area contributed by atoms with Gasteiger partial charge in [0.05, 0.1) is 12.3 Å². The summed E-state index contributed by atoms with van der Waals surface area (Å²) in [6, 6.07) is 3.85. The molecule has 1 aromatic rings. The lowest BCUT2D eigenvalue weighted by Gasteiger charge is -2.27. The van der Waals surface area contributed by atoms with E-state index in [1.165, 1.54) is 0 Å². The molecule has 0 amide bonds. The van der Waals surface area contributed by atoms with Gasteiger partial charge in [-0.15, -0.1) is 0 Å². The van der Waals surface area contributed by atoms with Gasteiger partial charge in [-0.05, 0) is 22.4 Å². The molecular formula is C14H20BrNO3. The van der Waals surface area contributed by atoms with Crippen LogP contribution < -0.4 is 14.8 Å². The molecule has 1 aliphatic heterocycles. The third-order valence-corrected chi connectivity index (χ3v) is 4.23. The molecule has 106 valence electrons. The van der Waals surface area contributed by atoms with Crippen molar-refractivity contribution in [1.82, 2.24) is 0 Å². The molecule has 2 rings (SSSR count). The van der Waals surface area contributed by atoms with Gasteiger partial charge >= 0.3 is 0 Å². The van der Waals surface area contributed by atoms with Gasteiger partial charge < -0.3 is 19.9 Å². The van der Waals surface area contributed by atoms with Gasteiger partial charge in [-0.1, -0.05) is 13.8 Å². The molecule has 0 saturated heterocycles. The third-order valence-electron chi connectivity index (χ3n) is 3.57. The normalized spacial score (nSPS) is 16.8. The van der Waals surface area contributed by atoms with E-state index in [0.29, 0.717) is 19.8 Å². The highest BCUT2D eigenvalue weighted by Gasteiger charge is 2.22. The second kappa shape index (κ2) is 6.01. The molecule has 4 nitrogen and oxygen atoms in total. The van der Waals surface area contributed by atoms with E-state index in [1.54, 1.807) is 0 Å². The summed E-state index contributed by atoms with van der Waals surface area (Å²) >= 11 is 3.53. The maximum atomic E-state index is 9.43. The van der Waals surface area contributed by atoms with Crippen molar-refractivity contribution in [2.45, 2.75) is 20.3 Å². The van der Waals surface area contributed by atoms with Gasteiger partial charge in [0, 0.05) is 28.6 Å². The Morgan fingerprint density at radius 1 is 1.32 bits per heavy atom. The van der Waals surface area contributed by atoms with E-state index < -0.39 is 0 Å². The van der Waals surface area contributed by atoms with Gasteiger partial charge in [0.25, 0.3) is 0 Å². The van der Waals surface area contributed by atoms with Crippen LogP contribution in [0.4, 0.5) is 5.69 Å². The highest BCUT2D eigenvalue weighted by molar-refractivity contribution is 9.10. The molecule has 2 N–H and O–H groups in total. The van der Waals surface area contributed by atoms with Crippen LogP contribution in [0.5, 0.6) is 11.5 Å². The van der Waals surface area contributed by atoms with Crippen molar-refractivity contribution in [3.8, 4) is 11.5 Å². The Kier molecular flexibility index (Phi) is 4.58. The van der Waals surface area contributed by atoms with E-state index in [4.69, 9.17) is 9.47 Å². The predicted molar refractivity (Wildman–Crippen MR) is 79.1 cm³/mol. The Hall–Kier alpha value is -0.940. The number of rotatable bonds is 5. The number of aliphatic hydroxyl groups is 1. The Balaban J connectivity index is 2.12. The number of benzene rings is 1. The van der Waals surface area contributed by atoms with Crippen LogP contribution in [0.25, 0.3) is 0 Å². The summed E-state index contributed by atoms with van der Waals surface area (Å²) in [4.78, 5) is 0. The maximum absolute atomic E-state index is 9.43. The molecule has 0 fully saturated rings. The molecule has 0 aliphatic carbocycles. The zero-order chi connectivity index (χ0) is 13.9. The molecule has 1 unspecified atom stereocenters. The number of hydrogen-bond acceptors (Lipinski definition) is 4. The van der Waals surface area contributed by atoms with Gasteiger partial charge in [-0.25, -0.2) is 0 Å². The number of aliphatic hydroxyl groups excluding tert-OH is 1. The van der Waals surface area contributed by atoms with Crippen molar-refractivity contribution >= 4 is 21.6 Å². The monoisotopic (exact) mass is 329 g/mol. The van der Waals surface area contributed by atoms with Crippen LogP contribution in [0, 0.1) is 5.41 Å². The minimum atomic E-state index is -0.118. The second-order valence-corrected chi connectivity index (χ2v) is 6.01. The van der Waals surface area contributed by atoms with Crippen LogP contribution in [0.15, 0.2) is 16.6 Å².